The number of carbonyl (C=O) groups is 2. The van der Waals surface area contributed by atoms with Crippen molar-refractivity contribution in [2.45, 2.75) is 45.6 Å². The molecule has 0 spiro atoms. The van der Waals surface area contributed by atoms with Gasteiger partial charge in [0.2, 0.25) is 5.88 Å². The van der Waals surface area contributed by atoms with Crippen LogP contribution in [-0.4, -0.2) is 70.8 Å². The van der Waals surface area contributed by atoms with Gasteiger partial charge in [-0.3, -0.25) is 9.69 Å². The lowest BCUT2D eigenvalue weighted by Gasteiger charge is -2.31. The van der Waals surface area contributed by atoms with Crippen molar-refractivity contribution in [3.8, 4) is 17.7 Å². The van der Waals surface area contributed by atoms with Gasteiger partial charge in [-0.1, -0.05) is 6.07 Å². The SMILES string of the molecule is Cc1ncc(Cn2c(CN3CCC(Oc4cccc(COc5ccc(C#N)cc5F)n4)CC3)nc3ccc(C(=O)O)cc32)n1C.O=CO. The number of nitrogens with zero attached hydrogens (tertiary/aromatic N) is 7. The number of hydrogen-bond donors (Lipinski definition) is 2. The van der Waals surface area contributed by atoms with E-state index in [1.807, 2.05) is 36.9 Å². The molecule has 0 unspecified atom stereocenters. The number of carboxylic acids is 1. The van der Waals surface area contributed by atoms with Crippen molar-refractivity contribution in [3.63, 3.8) is 0 Å². The summed E-state index contributed by atoms with van der Waals surface area (Å²) in [7, 11) is 1.97. The van der Waals surface area contributed by atoms with Crippen LogP contribution in [0.3, 0.4) is 0 Å². The molecule has 0 saturated carbocycles. The molecule has 0 amide bonds. The highest BCUT2D eigenvalue weighted by Crippen LogP contribution is 2.25. The first-order valence-corrected chi connectivity index (χ1v) is 15.1. The third-order valence-corrected chi connectivity index (χ3v) is 8.12. The van der Waals surface area contributed by atoms with Crippen molar-refractivity contribution < 1.29 is 33.7 Å². The summed E-state index contributed by atoms with van der Waals surface area (Å²) in [5, 5.41) is 25.4. The number of likely N-dealkylation sites (tertiary alicyclic amines) is 1. The summed E-state index contributed by atoms with van der Waals surface area (Å²) in [6.45, 7) is 4.47. The summed E-state index contributed by atoms with van der Waals surface area (Å²) in [6.07, 6.45) is 3.41. The largest absolute Gasteiger partial charge is 0.484 e. The molecular weight excluding hydrogens is 621 g/mol. The Bertz CT molecular complexity index is 1960. The molecule has 0 aliphatic carbocycles. The summed E-state index contributed by atoms with van der Waals surface area (Å²) < 4.78 is 30.1. The summed E-state index contributed by atoms with van der Waals surface area (Å²) in [6, 6.07) is 16.4. The fraction of sp³-hybridized carbons (Fsp3) is 0.294. The minimum atomic E-state index is -0.975. The summed E-state index contributed by atoms with van der Waals surface area (Å²) in [5.41, 5.74) is 3.58. The van der Waals surface area contributed by atoms with E-state index in [4.69, 9.17) is 29.6 Å². The molecule has 0 radical (unpaired) electrons. The minimum Gasteiger partial charge on any atom is -0.484 e. The number of hydrogen-bond acceptors (Lipinski definition) is 9. The lowest BCUT2D eigenvalue weighted by atomic mass is 10.1. The van der Waals surface area contributed by atoms with E-state index in [1.165, 1.54) is 12.1 Å². The van der Waals surface area contributed by atoms with Gasteiger partial charge in [0.25, 0.3) is 6.47 Å². The van der Waals surface area contributed by atoms with Gasteiger partial charge < -0.3 is 28.8 Å². The van der Waals surface area contributed by atoms with E-state index < -0.39 is 11.8 Å². The number of carboxylic acid groups (broad SMARTS) is 2. The average Bonchev–Trinajstić information content (AvgIpc) is 3.59. The number of imidazole rings is 2. The highest BCUT2D eigenvalue weighted by Gasteiger charge is 2.24. The van der Waals surface area contributed by atoms with Crippen LogP contribution in [0, 0.1) is 24.1 Å². The fourth-order valence-electron chi connectivity index (χ4n) is 5.46. The van der Waals surface area contributed by atoms with Gasteiger partial charge in [-0.05, 0) is 62.2 Å². The van der Waals surface area contributed by atoms with Crippen LogP contribution in [0.5, 0.6) is 11.6 Å². The van der Waals surface area contributed by atoms with Crippen molar-refractivity contribution in [2.75, 3.05) is 13.1 Å². The Morgan fingerprint density at radius 1 is 1.12 bits per heavy atom. The van der Waals surface area contributed by atoms with Gasteiger partial charge in [0.1, 0.15) is 24.4 Å². The number of aryl methyl sites for hydroxylation is 1. The number of halogens is 1. The summed E-state index contributed by atoms with van der Waals surface area (Å²) >= 11 is 0. The molecule has 2 aromatic carbocycles. The van der Waals surface area contributed by atoms with Crippen molar-refractivity contribution in [1.29, 1.82) is 5.26 Å². The van der Waals surface area contributed by atoms with Crippen LogP contribution < -0.4 is 9.47 Å². The molecule has 13 nitrogen and oxygen atoms in total. The molecule has 14 heteroatoms. The van der Waals surface area contributed by atoms with E-state index in [-0.39, 0.29) is 36.1 Å². The highest BCUT2D eigenvalue weighted by atomic mass is 19.1. The van der Waals surface area contributed by atoms with Crippen molar-refractivity contribution in [1.82, 2.24) is 29.0 Å². The molecule has 1 aliphatic rings. The molecule has 1 aliphatic heterocycles. The second kappa shape index (κ2) is 15.2. The topological polar surface area (TPSA) is 169 Å². The summed E-state index contributed by atoms with van der Waals surface area (Å²) in [5.74, 6) is 0.729. The number of benzene rings is 2. The van der Waals surface area contributed by atoms with E-state index in [1.54, 1.807) is 30.3 Å². The quantitative estimate of drug-likeness (QED) is 0.202. The predicted molar refractivity (Wildman–Crippen MR) is 171 cm³/mol. The molecule has 0 bridgehead atoms. The third-order valence-electron chi connectivity index (χ3n) is 8.12. The van der Waals surface area contributed by atoms with Gasteiger partial charge in [-0.15, -0.1) is 0 Å². The van der Waals surface area contributed by atoms with E-state index in [9.17, 15) is 14.3 Å². The zero-order valence-corrected chi connectivity index (χ0v) is 26.4. The number of rotatable bonds is 10. The standard InChI is InChI=1S/C33H32FN7O4.CH2O2/c1-21-36-17-25(39(21)2)18-41-29-15-23(33(42)43)7-8-28(29)38-31(41)19-40-12-10-26(11-13-40)45-32-5-3-4-24(37-32)20-44-30-9-6-22(16-35)14-27(30)34;2-1-3/h3-9,14-15,17,26H,10-13,18-20H2,1-2H3,(H,42,43);1H,(H,2,3). The number of aromatic carboxylic acids is 1. The maximum absolute atomic E-state index is 14.2. The van der Waals surface area contributed by atoms with Crippen LogP contribution in [0.2, 0.25) is 0 Å². The Labute approximate surface area is 275 Å². The van der Waals surface area contributed by atoms with Crippen LogP contribution in [0.1, 0.15) is 51.8 Å². The number of nitriles is 1. The normalized spacial score (nSPS) is 13.4. The molecule has 1 fully saturated rings. The van der Waals surface area contributed by atoms with Crippen molar-refractivity contribution in [3.05, 3.63) is 101 Å². The van der Waals surface area contributed by atoms with E-state index in [0.717, 1.165) is 60.4 Å². The van der Waals surface area contributed by atoms with Crippen LogP contribution >= 0.6 is 0 Å². The predicted octanol–water partition coefficient (Wildman–Crippen LogP) is 4.55. The van der Waals surface area contributed by atoms with Crippen LogP contribution in [0.4, 0.5) is 4.39 Å². The Hall–Kier alpha value is -5.81. The second-order valence-electron chi connectivity index (χ2n) is 11.2. The van der Waals surface area contributed by atoms with E-state index >= 15 is 0 Å². The molecule has 2 N–H and O–H groups in total. The molecule has 1 saturated heterocycles. The zero-order valence-electron chi connectivity index (χ0n) is 26.4. The molecule has 248 valence electrons. The maximum atomic E-state index is 14.2. The Kier molecular flexibility index (Phi) is 10.6. The third kappa shape index (κ3) is 7.94. The molecule has 4 heterocycles. The number of ether oxygens (including phenoxy) is 2. The van der Waals surface area contributed by atoms with Gasteiger partial charge in [-0.25, -0.2) is 24.1 Å². The van der Waals surface area contributed by atoms with Gasteiger partial charge in [0.05, 0.1) is 58.9 Å². The van der Waals surface area contributed by atoms with Crippen LogP contribution in [-0.2, 0) is 31.5 Å². The molecule has 6 rings (SSSR count). The monoisotopic (exact) mass is 655 g/mol. The van der Waals surface area contributed by atoms with E-state index in [0.29, 0.717) is 24.7 Å². The maximum Gasteiger partial charge on any atom is 0.335 e. The molecular formula is C34H34FN7O6. The Morgan fingerprint density at radius 2 is 1.90 bits per heavy atom. The highest BCUT2D eigenvalue weighted by molar-refractivity contribution is 5.92. The Morgan fingerprint density at radius 3 is 2.56 bits per heavy atom. The number of pyridine rings is 1. The zero-order chi connectivity index (χ0) is 34.2. The average molecular weight is 656 g/mol. The van der Waals surface area contributed by atoms with Gasteiger partial charge >= 0.3 is 5.97 Å². The summed E-state index contributed by atoms with van der Waals surface area (Å²) in [4.78, 5) is 36.2. The molecule has 5 aromatic rings. The lowest BCUT2D eigenvalue weighted by Crippen LogP contribution is -2.38. The first-order valence-electron chi connectivity index (χ1n) is 15.1. The number of piperidine rings is 1. The smallest absolute Gasteiger partial charge is 0.335 e. The number of fused-ring (bicyclic) bond motifs is 1. The fourth-order valence-corrected chi connectivity index (χ4v) is 5.46. The first kappa shape index (κ1) is 33.6. The van der Waals surface area contributed by atoms with Crippen molar-refractivity contribution in [2.24, 2.45) is 7.05 Å². The lowest BCUT2D eigenvalue weighted by molar-refractivity contribution is -0.122. The molecule has 0 atom stereocenters. The van der Waals surface area contributed by atoms with Crippen LogP contribution in [0.25, 0.3) is 11.0 Å². The second-order valence-corrected chi connectivity index (χ2v) is 11.2. The minimum absolute atomic E-state index is 0.0183. The number of aromatic nitrogens is 5. The molecule has 3 aromatic heterocycles. The van der Waals surface area contributed by atoms with E-state index in [2.05, 4.69) is 19.4 Å². The van der Waals surface area contributed by atoms with Gasteiger partial charge in [-0.2, -0.15) is 5.26 Å². The molecule has 48 heavy (non-hydrogen) atoms. The van der Waals surface area contributed by atoms with Gasteiger partial charge in [0.15, 0.2) is 11.6 Å². The van der Waals surface area contributed by atoms with Crippen molar-refractivity contribution >= 4 is 23.5 Å². The van der Waals surface area contributed by atoms with Crippen LogP contribution in [0.15, 0.2) is 60.8 Å². The van der Waals surface area contributed by atoms with Gasteiger partial charge in [0, 0.05) is 26.2 Å². The Balaban J connectivity index is 0.00000145. The first-order chi connectivity index (χ1) is 23.2.